The predicted octanol–water partition coefficient (Wildman–Crippen LogP) is 3.85. The minimum absolute atomic E-state index is 0.0658. The first kappa shape index (κ1) is 19.2. The summed E-state index contributed by atoms with van der Waals surface area (Å²) in [6.45, 7) is 3.88. The maximum Gasteiger partial charge on any atom is 0.314 e. The molecule has 0 spiro atoms. The molecule has 0 bridgehead atoms. The molecule has 1 saturated heterocycles. The van der Waals surface area contributed by atoms with Crippen LogP contribution in [0.15, 0.2) is 60.8 Å². The van der Waals surface area contributed by atoms with Crippen molar-refractivity contribution in [1.29, 1.82) is 0 Å². The van der Waals surface area contributed by atoms with Crippen molar-refractivity contribution in [3.63, 3.8) is 0 Å². The van der Waals surface area contributed by atoms with Crippen LogP contribution in [0.25, 0.3) is 10.9 Å². The molecule has 2 heterocycles. The minimum atomic E-state index is -0.906. The van der Waals surface area contributed by atoms with Gasteiger partial charge in [-0.05, 0) is 37.0 Å². The van der Waals surface area contributed by atoms with Gasteiger partial charge in [0.05, 0.1) is 11.8 Å². The lowest BCUT2D eigenvalue weighted by Crippen LogP contribution is -2.49. The summed E-state index contributed by atoms with van der Waals surface area (Å²) in [6.07, 6.45) is 3.29. The van der Waals surface area contributed by atoms with E-state index in [9.17, 15) is 14.7 Å². The maximum atomic E-state index is 13.0. The van der Waals surface area contributed by atoms with E-state index in [2.05, 4.69) is 29.8 Å². The number of piperidine rings is 1. The molecule has 5 heteroatoms. The molecule has 1 aliphatic heterocycles. The number of para-hydroxylation sites is 1. The van der Waals surface area contributed by atoms with Gasteiger partial charge in [0.1, 0.15) is 0 Å². The second kappa shape index (κ2) is 7.74. The van der Waals surface area contributed by atoms with Gasteiger partial charge < -0.3 is 14.6 Å². The van der Waals surface area contributed by atoms with Crippen LogP contribution in [0.4, 0.5) is 0 Å². The lowest BCUT2D eigenvalue weighted by atomic mass is 9.73. The number of hydrogen-bond acceptors (Lipinski definition) is 2. The molecule has 3 aromatic rings. The molecule has 1 amide bonds. The highest BCUT2D eigenvalue weighted by Crippen LogP contribution is 2.36. The van der Waals surface area contributed by atoms with Crippen molar-refractivity contribution in [2.24, 2.45) is 0 Å². The summed E-state index contributed by atoms with van der Waals surface area (Å²) in [5, 5.41) is 11.1. The molecule has 5 nitrogen and oxygen atoms in total. The highest BCUT2D eigenvalue weighted by molar-refractivity contribution is 5.90. The molecule has 0 aliphatic carbocycles. The molecule has 1 aromatic heterocycles. The molecule has 1 fully saturated rings. The van der Waals surface area contributed by atoms with E-state index in [-0.39, 0.29) is 5.91 Å². The number of benzene rings is 2. The van der Waals surface area contributed by atoms with Crippen molar-refractivity contribution in [3.05, 3.63) is 71.9 Å². The Morgan fingerprint density at radius 1 is 1.00 bits per heavy atom. The Balaban J connectivity index is 1.51. The smallest absolute Gasteiger partial charge is 0.314 e. The van der Waals surface area contributed by atoms with Crippen molar-refractivity contribution in [1.82, 2.24) is 9.47 Å². The van der Waals surface area contributed by atoms with Crippen molar-refractivity contribution < 1.29 is 14.7 Å². The average molecular weight is 390 g/mol. The maximum absolute atomic E-state index is 13.0. The van der Waals surface area contributed by atoms with Crippen LogP contribution >= 0.6 is 0 Å². The monoisotopic (exact) mass is 390 g/mol. The Labute approximate surface area is 170 Å². The van der Waals surface area contributed by atoms with Gasteiger partial charge in [0.2, 0.25) is 5.91 Å². The number of aryl methyl sites for hydroxylation is 1. The van der Waals surface area contributed by atoms with Crippen LogP contribution in [0.2, 0.25) is 0 Å². The van der Waals surface area contributed by atoms with Crippen LogP contribution < -0.4 is 0 Å². The zero-order valence-electron chi connectivity index (χ0n) is 16.7. The molecule has 0 radical (unpaired) electrons. The Morgan fingerprint density at radius 3 is 2.31 bits per heavy atom. The molecule has 0 saturated carbocycles. The third-order valence-electron chi connectivity index (χ3n) is 6.26. The zero-order valence-corrected chi connectivity index (χ0v) is 16.7. The molecule has 0 atom stereocenters. The fourth-order valence-corrected chi connectivity index (χ4v) is 4.52. The van der Waals surface area contributed by atoms with E-state index in [0.717, 1.165) is 28.6 Å². The highest BCUT2D eigenvalue weighted by Gasteiger charge is 2.43. The number of amides is 1. The molecule has 1 aliphatic rings. The van der Waals surface area contributed by atoms with Crippen LogP contribution in [0.1, 0.15) is 30.9 Å². The summed E-state index contributed by atoms with van der Waals surface area (Å²) in [7, 11) is 0. The summed E-state index contributed by atoms with van der Waals surface area (Å²) < 4.78 is 2.17. The zero-order chi connectivity index (χ0) is 20.4. The van der Waals surface area contributed by atoms with Gasteiger partial charge in [-0.1, -0.05) is 48.5 Å². The molecule has 150 valence electrons. The van der Waals surface area contributed by atoms with Crippen LogP contribution in [0.3, 0.4) is 0 Å². The van der Waals surface area contributed by atoms with E-state index >= 15 is 0 Å². The van der Waals surface area contributed by atoms with Crippen molar-refractivity contribution >= 4 is 22.8 Å². The summed E-state index contributed by atoms with van der Waals surface area (Å²) >= 11 is 0. The number of aliphatic carboxylic acids is 1. The fourth-order valence-electron chi connectivity index (χ4n) is 4.52. The fraction of sp³-hybridized carbons (Fsp3) is 0.333. The second-order valence-electron chi connectivity index (χ2n) is 7.77. The number of aromatic nitrogens is 1. The number of fused-ring (bicyclic) bond motifs is 1. The first-order valence-corrected chi connectivity index (χ1v) is 10.2. The van der Waals surface area contributed by atoms with E-state index < -0.39 is 11.4 Å². The number of carbonyl (C=O) groups excluding carboxylic acids is 1. The standard InChI is InChI=1S/C24H26N2O3/c1-2-25-17-18(20-10-6-7-11-21(20)25)16-22(27)26-14-12-24(13-15-26,23(28)29)19-8-4-3-5-9-19/h3-11,17H,2,12-16H2,1H3,(H,28,29). The Morgan fingerprint density at radius 2 is 1.66 bits per heavy atom. The minimum Gasteiger partial charge on any atom is -0.481 e. The number of carboxylic acid groups (broad SMARTS) is 1. The van der Waals surface area contributed by atoms with Gasteiger partial charge in [-0.3, -0.25) is 9.59 Å². The van der Waals surface area contributed by atoms with Gasteiger partial charge in [-0.25, -0.2) is 0 Å². The third-order valence-corrected chi connectivity index (χ3v) is 6.26. The van der Waals surface area contributed by atoms with Crippen LogP contribution in [-0.4, -0.2) is 39.5 Å². The Bertz CT molecular complexity index is 1030. The lowest BCUT2D eigenvalue weighted by Gasteiger charge is -2.39. The molecule has 4 rings (SSSR count). The SMILES string of the molecule is CCn1cc(CC(=O)N2CCC(C(=O)O)(c3ccccc3)CC2)c2ccccc21. The number of likely N-dealkylation sites (tertiary alicyclic amines) is 1. The van der Waals surface area contributed by atoms with E-state index in [0.29, 0.717) is 32.4 Å². The lowest BCUT2D eigenvalue weighted by molar-refractivity contribution is -0.148. The van der Waals surface area contributed by atoms with Gasteiger partial charge in [0, 0.05) is 36.7 Å². The van der Waals surface area contributed by atoms with Gasteiger partial charge >= 0.3 is 5.97 Å². The first-order chi connectivity index (χ1) is 14.0. The molecule has 1 N–H and O–H groups in total. The Hall–Kier alpha value is -3.08. The van der Waals surface area contributed by atoms with Gasteiger partial charge in [0.15, 0.2) is 0 Å². The van der Waals surface area contributed by atoms with E-state index in [1.165, 1.54) is 0 Å². The average Bonchev–Trinajstić information content (AvgIpc) is 3.12. The Kier molecular flexibility index (Phi) is 5.14. The number of nitrogens with zero attached hydrogens (tertiary/aromatic N) is 2. The summed E-state index contributed by atoms with van der Waals surface area (Å²) in [5.41, 5.74) is 2.10. The number of hydrogen-bond donors (Lipinski definition) is 1. The topological polar surface area (TPSA) is 62.5 Å². The second-order valence-corrected chi connectivity index (χ2v) is 7.77. The number of carbonyl (C=O) groups is 2. The quantitative estimate of drug-likeness (QED) is 0.720. The van der Waals surface area contributed by atoms with Crippen molar-refractivity contribution in [2.45, 2.75) is 38.1 Å². The van der Waals surface area contributed by atoms with Crippen molar-refractivity contribution in [3.8, 4) is 0 Å². The molecule has 0 unspecified atom stereocenters. The largest absolute Gasteiger partial charge is 0.481 e. The highest BCUT2D eigenvalue weighted by atomic mass is 16.4. The molecule has 2 aromatic carbocycles. The van der Waals surface area contributed by atoms with Crippen molar-refractivity contribution in [2.75, 3.05) is 13.1 Å². The predicted molar refractivity (Wildman–Crippen MR) is 113 cm³/mol. The summed E-state index contributed by atoms with van der Waals surface area (Å²) in [5.74, 6) is -0.738. The summed E-state index contributed by atoms with van der Waals surface area (Å²) in [4.78, 5) is 26.9. The van der Waals surface area contributed by atoms with Gasteiger partial charge in [-0.15, -0.1) is 0 Å². The van der Waals surface area contributed by atoms with Gasteiger partial charge in [-0.2, -0.15) is 0 Å². The molecular formula is C24H26N2O3. The molecular weight excluding hydrogens is 364 g/mol. The van der Waals surface area contributed by atoms with Crippen LogP contribution in [0, 0.1) is 0 Å². The third kappa shape index (κ3) is 3.41. The van der Waals surface area contributed by atoms with Crippen LogP contribution in [-0.2, 0) is 28.0 Å². The summed E-state index contributed by atoms with van der Waals surface area (Å²) in [6, 6.07) is 17.6. The van der Waals surface area contributed by atoms with E-state index in [1.807, 2.05) is 47.4 Å². The van der Waals surface area contributed by atoms with Crippen LogP contribution in [0.5, 0.6) is 0 Å². The normalized spacial score (nSPS) is 16.1. The van der Waals surface area contributed by atoms with Gasteiger partial charge in [0.25, 0.3) is 0 Å². The first-order valence-electron chi connectivity index (χ1n) is 10.2. The van der Waals surface area contributed by atoms with E-state index in [4.69, 9.17) is 0 Å². The van der Waals surface area contributed by atoms with E-state index in [1.54, 1.807) is 0 Å². The number of rotatable bonds is 5. The number of carboxylic acids is 1. The molecule has 29 heavy (non-hydrogen) atoms.